The number of fused-ring (bicyclic) bond motifs is 1. The van der Waals surface area contributed by atoms with Crippen LogP contribution in [0.3, 0.4) is 0 Å². The van der Waals surface area contributed by atoms with Gasteiger partial charge in [0.15, 0.2) is 0 Å². The van der Waals surface area contributed by atoms with E-state index < -0.39 is 0 Å². The van der Waals surface area contributed by atoms with Gasteiger partial charge in [0.2, 0.25) is 0 Å². The Hall–Kier alpha value is -2.86. The number of rotatable bonds is 2. The van der Waals surface area contributed by atoms with E-state index >= 15 is 0 Å². The molecule has 0 amide bonds. The number of hydrogen-bond acceptors (Lipinski definition) is 3. The molecule has 0 atom stereocenters. The van der Waals surface area contributed by atoms with E-state index in [1.807, 2.05) is 42.5 Å². The highest BCUT2D eigenvalue weighted by molar-refractivity contribution is 5.66. The van der Waals surface area contributed by atoms with Gasteiger partial charge in [-0.15, -0.1) is 0 Å². The molecule has 0 aliphatic carbocycles. The predicted octanol–water partition coefficient (Wildman–Crippen LogP) is 3.44. The highest BCUT2D eigenvalue weighted by atomic mass is 16.5. The van der Waals surface area contributed by atoms with Gasteiger partial charge >= 0.3 is 0 Å². The Labute approximate surface area is 117 Å². The standard InChI is InChI=1S/C17H12N2O/c18-10-14-6-8-16(19-11-14)7-5-13-9-15-3-1-2-4-17(15)20-12-13/h1-9,11H,12H2. The monoisotopic (exact) mass is 260 g/mol. The van der Waals surface area contributed by atoms with Crippen LogP contribution in [-0.2, 0) is 0 Å². The molecule has 0 radical (unpaired) electrons. The van der Waals surface area contributed by atoms with E-state index in [1.165, 1.54) is 0 Å². The van der Waals surface area contributed by atoms with Gasteiger partial charge in [-0.3, -0.25) is 4.98 Å². The van der Waals surface area contributed by atoms with Crippen LogP contribution in [0.5, 0.6) is 5.75 Å². The minimum absolute atomic E-state index is 0.559. The van der Waals surface area contributed by atoms with Crippen LogP contribution in [0.1, 0.15) is 16.8 Å². The van der Waals surface area contributed by atoms with Gasteiger partial charge in [-0.05, 0) is 35.9 Å². The van der Waals surface area contributed by atoms with Crippen LogP contribution in [0.15, 0.2) is 54.2 Å². The molecule has 0 unspecified atom stereocenters. The number of benzene rings is 1. The molecule has 0 fully saturated rings. The summed E-state index contributed by atoms with van der Waals surface area (Å²) in [5.74, 6) is 0.918. The summed E-state index contributed by atoms with van der Waals surface area (Å²) in [5, 5.41) is 8.72. The predicted molar refractivity (Wildman–Crippen MR) is 77.9 cm³/mol. The van der Waals surface area contributed by atoms with Crippen molar-refractivity contribution in [2.75, 3.05) is 6.61 Å². The number of para-hydroxylation sites is 1. The van der Waals surface area contributed by atoms with Gasteiger partial charge < -0.3 is 4.74 Å². The molecule has 3 nitrogen and oxygen atoms in total. The summed E-state index contributed by atoms with van der Waals surface area (Å²) in [6, 6.07) is 13.6. The smallest absolute Gasteiger partial charge is 0.127 e. The van der Waals surface area contributed by atoms with Gasteiger partial charge in [-0.2, -0.15) is 5.26 Å². The van der Waals surface area contributed by atoms with E-state index in [-0.39, 0.29) is 0 Å². The van der Waals surface area contributed by atoms with Gasteiger partial charge in [0, 0.05) is 11.8 Å². The van der Waals surface area contributed by atoms with Crippen molar-refractivity contribution >= 4 is 12.2 Å². The Bertz CT molecular complexity index is 721. The molecule has 1 aromatic heterocycles. The zero-order valence-electron chi connectivity index (χ0n) is 10.8. The van der Waals surface area contributed by atoms with Crippen molar-refractivity contribution < 1.29 is 4.74 Å². The summed E-state index contributed by atoms with van der Waals surface area (Å²) >= 11 is 0. The second-order valence-electron chi connectivity index (χ2n) is 4.46. The lowest BCUT2D eigenvalue weighted by Gasteiger charge is -2.15. The first-order chi connectivity index (χ1) is 9.85. The SMILES string of the molecule is N#Cc1ccc(C=CC2=Cc3ccccc3OC2)nc1. The lowest BCUT2D eigenvalue weighted by atomic mass is 10.1. The molecule has 3 heteroatoms. The fraction of sp³-hybridized carbons (Fsp3) is 0.0588. The van der Waals surface area contributed by atoms with Crippen LogP contribution in [0.25, 0.3) is 12.2 Å². The number of aromatic nitrogens is 1. The van der Waals surface area contributed by atoms with Crippen LogP contribution in [-0.4, -0.2) is 11.6 Å². The molecule has 1 aliphatic rings. The first-order valence-electron chi connectivity index (χ1n) is 6.32. The molecule has 2 heterocycles. The normalized spacial score (nSPS) is 13.2. The van der Waals surface area contributed by atoms with Crippen molar-refractivity contribution in [3.8, 4) is 11.8 Å². The van der Waals surface area contributed by atoms with Crippen molar-refractivity contribution in [3.63, 3.8) is 0 Å². The number of nitriles is 1. The minimum Gasteiger partial charge on any atom is -0.488 e. The minimum atomic E-state index is 0.559. The summed E-state index contributed by atoms with van der Waals surface area (Å²) in [6.45, 7) is 0.559. The van der Waals surface area contributed by atoms with Gasteiger partial charge in [-0.1, -0.05) is 24.3 Å². The highest BCUT2D eigenvalue weighted by Crippen LogP contribution is 2.26. The Kier molecular flexibility index (Phi) is 3.30. The third kappa shape index (κ3) is 2.60. The van der Waals surface area contributed by atoms with E-state index in [2.05, 4.69) is 17.1 Å². The Morgan fingerprint density at radius 3 is 2.85 bits per heavy atom. The molecule has 0 bridgehead atoms. The summed E-state index contributed by atoms with van der Waals surface area (Å²) < 4.78 is 5.68. The Balaban J connectivity index is 1.80. The summed E-state index contributed by atoms with van der Waals surface area (Å²) in [5.41, 5.74) is 3.57. The van der Waals surface area contributed by atoms with E-state index in [0.29, 0.717) is 12.2 Å². The number of nitrogens with zero attached hydrogens (tertiary/aromatic N) is 2. The molecule has 1 aromatic carbocycles. The molecule has 1 aliphatic heterocycles. The lowest BCUT2D eigenvalue weighted by Crippen LogP contribution is -2.05. The first-order valence-corrected chi connectivity index (χ1v) is 6.32. The molecule has 20 heavy (non-hydrogen) atoms. The largest absolute Gasteiger partial charge is 0.488 e. The molecule has 3 rings (SSSR count). The van der Waals surface area contributed by atoms with Crippen LogP contribution < -0.4 is 4.74 Å². The van der Waals surface area contributed by atoms with Gasteiger partial charge in [0.25, 0.3) is 0 Å². The Morgan fingerprint density at radius 1 is 1.15 bits per heavy atom. The summed E-state index contributed by atoms with van der Waals surface area (Å²) in [6.07, 6.45) is 7.59. The number of hydrogen-bond donors (Lipinski definition) is 0. The number of pyridine rings is 1. The van der Waals surface area contributed by atoms with Crippen LogP contribution in [0.4, 0.5) is 0 Å². The molecule has 96 valence electrons. The zero-order valence-corrected chi connectivity index (χ0v) is 10.8. The molecule has 0 N–H and O–H groups in total. The molecule has 2 aromatic rings. The third-order valence-electron chi connectivity index (χ3n) is 3.04. The zero-order chi connectivity index (χ0) is 13.8. The van der Waals surface area contributed by atoms with Crippen LogP contribution in [0, 0.1) is 11.3 Å². The van der Waals surface area contributed by atoms with E-state index in [4.69, 9.17) is 10.00 Å². The van der Waals surface area contributed by atoms with E-state index in [1.54, 1.807) is 12.3 Å². The molecular formula is C17H12N2O. The first kappa shape index (κ1) is 12.2. The maximum absolute atomic E-state index is 8.72. The molecule has 0 saturated heterocycles. The second-order valence-corrected chi connectivity index (χ2v) is 4.46. The fourth-order valence-electron chi connectivity index (χ4n) is 1.99. The maximum atomic E-state index is 8.72. The number of ether oxygens (including phenoxy) is 1. The van der Waals surface area contributed by atoms with E-state index in [9.17, 15) is 0 Å². The lowest BCUT2D eigenvalue weighted by molar-refractivity contribution is 0.351. The second kappa shape index (κ2) is 5.41. The van der Waals surface area contributed by atoms with Crippen molar-refractivity contribution in [1.82, 2.24) is 4.98 Å². The molecular weight excluding hydrogens is 248 g/mol. The van der Waals surface area contributed by atoms with Crippen molar-refractivity contribution in [2.24, 2.45) is 0 Å². The summed E-state index contributed by atoms with van der Waals surface area (Å²) in [7, 11) is 0. The fourth-order valence-corrected chi connectivity index (χ4v) is 1.99. The summed E-state index contributed by atoms with van der Waals surface area (Å²) in [4.78, 5) is 4.20. The van der Waals surface area contributed by atoms with Crippen LogP contribution in [0.2, 0.25) is 0 Å². The van der Waals surface area contributed by atoms with Crippen molar-refractivity contribution in [2.45, 2.75) is 0 Å². The van der Waals surface area contributed by atoms with Crippen molar-refractivity contribution in [1.29, 1.82) is 5.26 Å². The Morgan fingerprint density at radius 2 is 2.05 bits per heavy atom. The van der Waals surface area contributed by atoms with Gasteiger partial charge in [0.1, 0.15) is 18.4 Å². The average Bonchev–Trinajstić information content (AvgIpc) is 2.53. The third-order valence-corrected chi connectivity index (χ3v) is 3.04. The topological polar surface area (TPSA) is 45.9 Å². The van der Waals surface area contributed by atoms with E-state index in [0.717, 1.165) is 22.6 Å². The maximum Gasteiger partial charge on any atom is 0.127 e. The average molecular weight is 260 g/mol. The quantitative estimate of drug-likeness (QED) is 0.830. The molecule has 0 spiro atoms. The van der Waals surface area contributed by atoms with Crippen LogP contribution >= 0.6 is 0 Å². The molecule has 0 saturated carbocycles. The van der Waals surface area contributed by atoms with Crippen molar-refractivity contribution in [3.05, 3.63) is 71.1 Å². The highest BCUT2D eigenvalue weighted by Gasteiger charge is 2.08. The van der Waals surface area contributed by atoms with Gasteiger partial charge in [-0.25, -0.2) is 0 Å². The van der Waals surface area contributed by atoms with Gasteiger partial charge in [0.05, 0.1) is 11.3 Å².